The van der Waals surface area contributed by atoms with Gasteiger partial charge in [-0.3, -0.25) is 4.79 Å². The van der Waals surface area contributed by atoms with Crippen LogP contribution in [0.4, 0.5) is 0 Å². The van der Waals surface area contributed by atoms with Gasteiger partial charge in [0.15, 0.2) is 0 Å². The van der Waals surface area contributed by atoms with E-state index in [0.29, 0.717) is 24.3 Å². The lowest BCUT2D eigenvalue weighted by molar-refractivity contribution is -0.117. The van der Waals surface area contributed by atoms with Crippen LogP contribution < -0.4 is 10.1 Å². The molecule has 1 amide bonds. The second-order valence-corrected chi connectivity index (χ2v) is 4.82. The zero-order valence-electron chi connectivity index (χ0n) is 13.5. The second kappa shape index (κ2) is 8.68. The highest BCUT2D eigenvalue weighted by Crippen LogP contribution is 2.13. The fourth-order valence-corrected chi connectivity index (χ4v) is 2.01. The summed E-state index contributed by atoms with van der Waals surface area (Å²) in [5, 5.41) is 4.84. The SMILES string of the molecule is CCC=CCC(=O)N=c1cnn(-c2ccccc2)c(OCC)c1. The first-order valence-electron chi connectivity index (χ1n) is 7.74. The van der Waals surface area contributed by atoms with E-state index in [9.17, 15) is 4.79 Å². The van der Waals surface area contributed by atoms with Crippen molar-refractivity contribution in [1.29, 1.82) is 0 Å². The smallest absolute Gasteiger partial charge is 0.250 e. The van der Waals surface area contributed by atoms with Crippen molar-refractivity contribution in [2.45, 2.75) is 26.7 Å². The number of benzene rings is 1. The Kier molecular flexibility index (Phi) is 6.29. The van der Waals surface area contributed by atoms with E-state index in [1.165, 1.54) is 0 Å². The average Bonchev–Trinajstić information content (AvgIpc) is 2.56. The number of hydrogen-bond acceptors (Lipinski definition) is 3. The minimum atomic E-state index is -0.198. The highest BCUT2D eigenvalue weighted by Gasteiger charge is 2.05. The van der Waals surface area contributed by atoms with Crippen LogP contribution >= 0.6 is 0 Å². The molecule has 0 radical (unpaired) electrons. The summed E-state index contributed by atoms with van der Waals surface area (Å²) in [6, 6.07) is 11.4. The van der Waals surface area contributed by atoms with Gasteiger partial charge in [-0.25, -0.2) is 9.67 Å². The number of hydrogen-bond donors (Lipinski definition) is 0. The maximum absolute atomic E-state index is 11.8. The molecule has 0 bridgehead atoms. The number of allylic oxidation sites excluding steroid dienone is 1. The maximum Gasteiger partial charge on any atom is 0.250 e. The van der Waals surface area contributed by atoms with E-state index in [4.69, 9.17) is 4.74 Å². The summed E-state index contributed by atoms with van der Waals surface area (Å²) < 4.78 is 7.31. The molecular weight excluding hydrogens is 290 g/mol. The first-order chi connectivity index (χ1) is 11.2. The zero-order chi connectivity index (χ0) is 16.5. The van der Waals surface area contributed by atoms with Gasteiger partial charge in [-0.15, -0.1) is 0 Å². The van der Waals surface area contributed by atoms with Crippen LogP contribution in [0.1, 0.15) is 26.7 Å². The summed E-state index contributed by atoms with van der Waals surface area (Å²) in [5.74, 6) is 0.355. The molecule has 5 nitrogen and oxygen atoms in total. The van der Waals surface area contributed by atoms with Gasteiger partial charge in [0.2, 0.25) is 11.8 Å². The number of para-hydroxylation sites is 1. The molecule has 1 aromatic heterocycles. The average molecular weight is 311 g/mol. The van der Waals surface area contributed by atoms with Gasteiger partial charge in [-0.2, -0.15) is 5.10 Å². The summed E-state index contributed by atoms with van der Waals surface area (Å²) in [5.41, 5.74) is 0.889. The predicted molar refractivity (Wildman–Crippen MR) is 89.4 cm³/mol. The lowest BCUT2D eigenvalue weighted by Gasteiger charge is -2.11. The first-order valence-corrected chi connectivity index (χ1v) is 7.74. The Morgan fingerprint density at radius 2 is 2.04 bits per heavy atom. The van der Waals surface area contributed by atoms with Crippen molar-refractivity contribution in [3.05, 3.63) is 60.1 Å². The number of carbonyl (C=O) groups excluding carboxylic acids is 1. The van der Waals surface area contributed by atoms with Crippen molar-refractivity contribution in [2.75, 3.05) is 6.61 Å². The standard InChI is InChI=1S/C18H21N3O2/c1-3-5-7-12-17(22)20-15-13-18(23-4-2)21(19-14-15)16-10-8-6-9-11-16/h5-11,13-14H,3-4,12H2,1-2H3. The summed E-state index contributed by atoms with van der Waals surface area (Å²) in [6.45, 7) is 4.43. The Morgan fingerprint density at radius 1 is 1.26 bits per heavy atom. The summed E-state index contributed by atoms with van der Waals surface area (Å²) >= 11 is 0. The molecule has 5 heteroatoms. The molecule has 23 heavy (non-hydrogen) atoms. The normalized spacial score (nSPS) is 11.8. The van der Waals surface area contributed by atoms with Gasteiger partial charge in [0, 0.05) is 12.5 Å². The number of ether oxygens (including phenoxy) is 1. The topological polar surface area (TPSA) is 56.5 Å². The lowest BCUT2D eigenvalue weighted by Crippen LogP contribution is -2.15. The van der Waals surface area contributed by atoms with Crippen LogP contribution in [0, 0.1) is 0 Å². The molecular formula is C18H21N3O2. The van der Waals surface area contributed by atoms with E-state index in [1.54, 1.807) is 16.9 Å². The van der Waals surface area contributed by atoms with E-state index in [1.807, 2.05) is 56.3 Å². The number of amides is 1. The first kappa shape index (κ1) is 16.7. The Morgan fingerprint density at radius 3 is 2.74 bits per heavy atom. The Hall–Kier alpha value is -2.69. The summed E-state index contributed by atoms with van der Waals surface area (Å²) in [4.78, 5) is 15.9. The van der Waals surface area contributed by atoms with Gasteiger partial charge in [0.1, 0.15) is 0 Å². The molecule has 0 N–H and O–H groups in total. The third kappa shape index (κ3) is 4.92. The molecule has 1 aromatic carbocycles. The zero-order valence-corrected chi connectivity index (χ0v) is 13.5. The van der Waals surface area contributed by atoms with Crippen molar-refractivity contribution in [3.8, 4) is 11.6 Å². The third-order valence-electron chi connectivity index (χ3n) is 3.03. The Labute approximate surface area is 136 Å². The monoisotopic (exact) mass is 311 g/mol. The molecule has 0 aliphatic heterocycles. The van der Waals surface area contributed by atoms with E-state index in [0.717, 1.165) is 12.1 Å². The van der Waals surface area contributed by atoms with Crippen molar-refractivity contribution >= 4 is 5.91 Å². The van der Waals surface area contributed by atoms with Gasteiger partial charge >= 0.3 is 0 Å². The lowest BCUT2D eigenvalue weighted by atomic mass is 10.3. The summed E-state index contributed by atoms with van der Waals surface area (Å²) in [7, 11) is 0. The fourth-order valence-electron chi connectivity index (χ4n) is 2.01. The molecule has 120 valence electrons. The van der Waals surface area contributed by atoms with Crippen LogP contribution in [0.5, 0.6) is 5.88 Å². The van der Waals surface area contributed by atoms with Crippen LogP contribution in [0.3, 0.4) is 0 Å². The molecule has 0 saturated heterocycles. The molecule has 0 aliphatic carbocycles. The molecule has 0 unspecified atom stereocenters. The van der Waals surface area contributed by atoms with Gasteiger partial charge < -0.3 is 4.74 Å². The van der Waals surface area contributed by atoms with E-state index < -0.39 is 0 Å². The largest absolute Gasteiger partial charge is 0.478 e. The second-order valence-electron chi connectivity index (χ2n) is 4.82. The molecule has 0 atom stereocenters. The van der Waals surface area contributed by atoms with Gasteiger partial charge in [-0.05, 0) is 25.5 Å². The summed E-state index contributed by atoms with van der Waals surface area (Å²) in [6.07, 6.45) is 6.55. The Balaban J connectivity index is 2.32. The van der Waals surface area contributed by atoms with Crippen LogP contribution in [0.15, 0.2) is 59.7 Å². The van der Waals surface area contributed by atoms with E-state index >= 15 is 0 Å². The fraction of sp³-hybridized carbons (Fsp3) is 0.278. The van der Waals surface area contributed by atoms with Crippen LogP contribution in [0.25, 0.3) is 5.69 Å². The molecule has 0 spiro atoms. The van der Waals surface area contributed by atoms with Crippen molar-refractivity contribution < 1.29 is 9.53 Å². The molecule has 0 saturated carbocycles. The number of aromatic nitrogens is 2. The third-order valence-corrected chi connectivity index (χ3v) is 3.03. The molecule has 1 heterocycles. The van der Waals surface area contributed by atoms with Crippen molar-refractivity contribution in [3.63, 3.8) is 0 Å². The quantitative estimate of drug-likeness (QED) is 0.770. The van der Waals surface area contributed by atoms with E-state index in [-0.39, 0.29) is 5.91 Å². The number of rotatable bonds is 6. The van der Waals surface area contributed by atoms with Crippen molar-refractivity contribution in [1.82, 2.24) is 9.78 Å². The van der Waals surface area contributed by atoms with Crippen LogP contribution in [-0.2, 0) is 4.79 Å². The Bertz CT molecular complexity index is 733. The molecule has 0 fully saturated rings. The van der Waals surface area contributed by atoms with Crippen LogP contribution in [0.2, 0.25) is 0 Å². The van der Waals surface area contributed by atoms with Crippen LogP contribution in [-0.4, -0.2) is 22.3 Å². The molecule has 0 aliphatic rings. The van der Waals surface area contributed by atoms with Gasteiger partial charge in [0.25, 0.3) is 0 Å². The minimum absolute atomic E-state index is 0.198. The highest BCUT2D eigenvalue weighted by molar-refractivity contribution is 5.78. The predicted octanol–water partition coefficient (Wildman–Crippen LogP) is 3.05. The number of carbonyl (C=O) groups is 1. The van der Waals surface area contributed by atoms with Crippen molar-refractivity contribution in [2.24, 2.45) is 4.99 Å². The number of nitrogens with zero attached hydrogens (tertiary/aromatic N) is 3. The van der Waals surface area contributed by atoms with E-state index in [2.05, 4.69) is 10.1 Å². The maximum atomic E-state index is 11.8. The molecule has 2 aromatic rings. The van der Waals surface area contributed by atoms with Gasteiger partial charge in [-0.1, -0.05) is 37.3 Å². The highest BCUT2D eigenvalue weighted by atomic mass is 16.5. The molecule has 2 rings (SSSR count). The van der Waals surface area contributed by atoms with Gasteiger partial charge in [0.05, 0.1) is 23.8 Å². The minimum Gasteiger partial charge on any atom is -0.478 e.